The van der Waals surface area contributed by atoms with Crippen LogP contribution < -0.4 is 4.74 Å². The third-order valence-corrected chi connectivity index (χ3v) is 4.40. The van der Waals surface area contributed by atoms with Gasteiger partial charge in [-0.1, -0.05) is 36.0 Å². The molecule has 0 saturated carbocycles. The van der Waals surface area contributed by atoms with Crippen molar-refractivity contribution in [1.29, 1.82) is 0 Å². The molecule has 1 aliphatic rings. The number of carboxylic acids is 2. The molecule has 1 saturated heterocycles. The van der Waals surface area contributed by atoms with Crippen LogP contribution in [0.4, 0.5) is 0 Å². The van der Waals surface area contributed by atoms with E-state index in [0.717, 1.165) is 25.3 Å². The normalized spacial score (nSPS) is 14.8. The Labute approximate surface area is 157 Å². The average molecular weight is 392 g/mol. The largest absolute Gasteiger partial charge is 0.493 e. The molecule has 0 aliphatic carbocycles. The van der Waals surface area contributed by atoms with Crippen LogP contribution in [0.3, 0.4) is 0 Å². The fraction of sp³-hybridized carbons (Fsp3) is 0.529. The second-order valence-electron chi connectivity index (χ2n) is 5.64. The summed E-state index contributed by atoms with van der Waals surface area (Å²) in [6.07, 6.45) is 6.51. The van der Waals surface area contributed by atoms with Gasteiger partial charge in [0.15, 0.2) is 0 Å². The number of carbonyl (C=O) groups is 2. The summed E-state index contributed by atoms with van der Waals surface area (Å²) >= 11 is 11.8. The van der Waals surface area contributed by atoms with E-state index in [2.05, 4.69) is 4.90 Å². The molecule has 1 aliphatic heterocycles. The topological polar surface area (TPSA) is 87.1 Å². The highest BCUT2D eigenvalue weighted by Crippen LogP contribution is 2.26. The number of likely N-dealkylation sites (tertiary alicyclic amines) is 1. The Morgan fingerprint density at radius 1 is 1.00 bits per heavy atom. The molecule has 1 heterocycles. The van der Waals surface area contributed by atoms with E-state index in [1.165, 1.54) is 38.8 Å². The predicted molar refractivity (Wildman–Crippen MR) is 96.8 cm³/mol. The van der Waals surface area contributed by atoms with E-state index in [1.54, 1.807) is 12.1 Å². The van der Waals surface area contributed by atoms with Crippen LogP contribution >= 0.6 is 23.2 Å². The molecule has 2 N–H and O–H groups in total. The van der Waals surface area contributed by atoms with Crippen LogP contribution in [0.15, 0.2) is 18.2 Å². The molecular formula is C17H23Cl2NO5. The Bertz CT molecular complexity index is 548. The molecule has 2 rings (SSSR count). The Kier molecular flexibility index (Phi) is 10.3. The highest BCUT2D eigenvalue weighted by atomic mass is 35.5. The molecule has 0 bridgehead atoms. The van der Waals surface area contributed by atoms with Crippen LogP contribution in [0.25, 0.3) is 0 Å². The first-order valence-electron chi connectivity index (χ1n) is 8.16. The number of aliphatic carboxylic acids is 2. The summed E-state index contributed by atoms with van der Waals surface area (Å²) < 4.78 is 5.69. The zero-order valence-corrected chi connectivity index (χ0v) is 15.4. The van der Waals surface area contributed by atoms with Gasteiger partial charge < -0.3 is 19.8 Å². The zero-order valence-electron chi connectivity index (χ0n) is 13.9. The lowest BCUT2D eigenvalue weighted by Crippen LogP contribution is -2.26. The maximum atomic E-state index is 9.10. The fourth-order valence-corrected chi connectivity index (χ4v) is 2.69. The van der Waals surface area contributed by atoms with Crippen molar-refractivity contribution in [2.45, 2.75) is 32.1 Å². The summed E-state index contributed by atoms with van der Waals surface area (Å²) in [5, 5.41) is 15.9. The quantitative estimate of drug-likeness (QED) is 0.586. The Morgan fingerprint density at radius 2 is 1.60 bits per heavy atom. The van der Waals surface area contributed by atoms with Crippen LogP contribution in [0.1, 0.15) is 32.1 Å². The molecule has 0 radical (unpaired) electrons. The number of benzene rings is 1. The van der Waals surface area contributed by atoms with Gasteiger partial charge in [0.1, 0.15) is 5.75 Å². The van der Waals surface area contributed by atoms with Crippen molar-refractivity contribution in [3.8, 4) is 5.75 Å². The number of hydrogen-bond acceptors (Lipinski definition) is 4. The molecule has 1 aromatic rings. The maximum Gasteiger partial charge on any atom is 0.414 e. The number of rotatable bonds is 5. The monoisotopic (exact) mass is 391 g/mol. The van der Waals surface area contributed by atoms with E-state index >= 15 is 0 Å². The Hall–Kier alpha value is -1.50. The van der Waals surface area contributed by atoms with Gasteiger partial charge in [-0.05, 0) is 44.5 Å². The molecule has 0 atom stereocenters. The van der Waals surface area contributed by atoms with Crippen LogP contribution in [0.5, 0.6) is 5.75 Å². The number of halogens is 2. The van der Waals surface area contributed by atoms with Gasteiger partial charge in [-0.3, -0.25) is 0 Å². The van der Waals surface area contributed by atoms with Crippen LogP contribution in [-0.2, 0) is 9.59 Å². The van der Waals surface area contributed by atoms with Gasteiger partial charge in [0.2, 0.25) is 0 Å². The highest BCUT2D eigenvalue weighted by Gasteiger charge is 2.08. The molecule has 140 valence electrons. The molecule has 0 amide bonds. The lowest BCUT2D eigenvalue weighted by atomic mass is 10.2. The van der Waals surface area contributed by atoms with Crippen molar-refractivity contribution < 1.29 is 24.5 Å². The fourth-order valence-electron chi connectivity index (χ4n) is 2.40. The number of hydrogen-bond donors (Lipinski definition) is 2. The first-order valence-corrected chi connectivity index (χ1v) is 8.92. The first-order chi connectivity index (χ1) is 11.9. The Balaban J connectivity index is 0.000000450. The summed E-state index contributed by atoms with van der Waals surface area (Å²) in [6, 6.07) is 5.41. The molecular weight excluding hydrogens is 369 g/mol. The van der Waals surface area contributed by atoms with E-state index in [1.807, 2.05) is 6.07 Å². The van der Waals surface area contributed by atoms with E-state index in [9.17, 15) is 0 Å². The van der Waals surface area contributed by atoms with Crippen molar-refractivity contribution in [2.75, 3.05) is 26.2 Å². The van der Waals surface area contributed by atoms with Gasteiger partial charge in [0, 0.05) is 12.6 Å². The second kappa shape index (κ2) is 12.0. The van der Waals surface area contributed by atoms with Crippen molar-refractivity contribution in [3.05, 3.63) is 28.2 Å². The molecule has 0 unspecified atom stereocenters. The smallest absolute Gasteiger partial charge is 0.414 e. The van der Waals surface area contributed by atoms with Crippen LogP contribution in [0, 0.1) is 0 Å². The molecule has 1 fully saturated rings. The number of nitrogens with zero attached hydrogens (tertiary/aromatic N) is 1. The van der Waals surface area contributed by atoms with Gasteiger partial charge in [0.05, 0.1) is 16.7 Å². The lowest BCUT2D eigenvalue weighted by Gasteiger charge is -2.19. The highest BCUT2D eigenvalue weighted by molar-refractivity contribution is 6.42. The van der Waals surface area contributed by atoms with E-state index in [0.29, 0.717) is 10.0 Å². The van der Waals surface area contributed by atoms with E-state index < -0.39 is 11.9 Å². The lowest BCUT2D eigenvalue weighted by molar-refractivity contribution is -0.159. The van der Waals surface area contributed by atoms with E-state index in [-0.39, 0.29) is 0 Å². The molecule has 1 aromatic carbocycles. The van der Waals surface area contributed by atoms with Gasteiger partial charge in [-0.2, -0.15) is 0 Å². The van der Waals surface area contributed by atoms with Crippen molar-refractivity contribution in [1.82, 2.24) is 4.90 Å². The molecule has 25 heavy (non-hydrogen) atoms. The second-order valence-corrected chi connectivity index (χ2v) is 6.46. The van der Waals surface area contributed by atoms with Gasteiger partial charge in [-0.15, -0.1) is 0 Å². The van der Waals surface area contributed by atoms with Gasteiger partial charge in [-0.25, -0.2) is 9.59 Å². The summed E-state index contributed by atoms with van der Waals surface area (Å²) in [5.41, 5.74) is 0. The molecule has 0 aromatic heterocycles. The standard InChI is InChI=1S/C15H21Cl2NO.C2H2O4/c16-14-7-6-13(12-15(14)17)19-11-5-10-18-8-3-1-2-4-9-18;3-1(4)2(5)6/h6-7,12H,1-5,8-11H2;(H,3,4)(H,5,6). The predicted octanol–water partition coefficient (Wildman–Crippen LogP) is 3.79. The minimum Gasteiger partial charge on any atom is -0.493 e. The van der Waals surface area contributed by atoms with Gasteiger partial charge >= 0.3 is 11.9 Å². The van der Waals surface area contributed by atoms with Crippen molar-refractivity contribution in [3.63, 3.8) is 0 Å². The van der Waals surface area contributed by atoms with Crippen molar-refractivity contribution in [2.24, 2.45) is 0 Å². The summed E-state index contributed by atoms with van der Waals surface area (Å²) in [6.45, 7) is 4.34. The SMILES string of the molecule is Clc1ccc(OCCCN2CCCCCC2)cc1Cl.O=C(O)C(=O)O. The third kappa shape index (κ3) is 9.53. The van der Waals surface area contributed by atoms with E-state index in [4.69, 9.17) is 47.7 Å². The van der Waals surface area contributed by atoms with Crippen molar-refractivity contribution >= 4 is 35.1 Å². The molecule has 6 nitrogen and oxygen atoms in total. The maximum absolute atomic E-state index is 9.10. The van der Waals surface area contributed by atoms with Crippen LogP contribution in [-0.4, -0.2) is 53.3 Å². The minimum absolute atomic E-state index is 0.548. The average Bonchev–Trinajstić information content (AvgIpc) is 2.84. The summed E-state index contributed by atoms with van der Waals surface area (Å²) in [5.74, 6) is -2.85. The van der Waals surface area contributed by atoms with Crippen LogP contribution in [0.2, 0.25) is 10.0 Å². The number of carboxylic acid groups (broad SMARTS) is 2. The third-order valence-electron chi connectivity index (χ3n) is 3.66. The Morgan fingerprint density at radius 3 is 2.12 bits per heavy atom. The summed E-state index contributed by atoms with van der Waals surface area (Å²) in [7, 11) is 0. The molecule has 8 heteroatoms. The first kappa shape index (κ1) is 21.5. The molecule has 0 spiro atoms. The minimum atomic E-state index is -1.82. The van der Waals surface area contributed by atoms with Gasteiger partial charge in [0.25, 0.3) is 0 Å². The zero-order chi connectivity index (χ0) is 18.7. The summed E-state index contributed by atoms with van der Waals surface area (Å²) in [4.78, 5) is 20.7. The number of ether oxygens (including phenoxy) is 1.